The Morgan fingerprint density at radius 1 is 1.50 bits per heavy atom. The number of halogens is 1. The molecule has 20 heavy (non-hydrogen) atoms. The first-order valence-electron chi connectivity index (χ1n) is 6.60. The summed E-state index contributed by atoms with van der Waals surface area (Å²) in [5.41, 5.74) is 0.705. The topological polar surface area (TPSA) is 56.0 Å². The van der Waals surface area contributed by atoms with Gasteiger partial charge in [0.05, 0.1) is 6.04 Å². The summed E-state index contributed by atoms with van der Waals surface area (Å²) in [7, 11) is 1.89. The van der Waals surface area contributed by atoms with Crippen LogP contribution in [0.2, 0.25) is 0 Å². The minimum Gasteiger partial charge on any atom is -0.345 e. The molecular weight excluding hydrogens is 322 g/mol. The van der Waals surface area contributed by atoms with Gasteiger partial charge in [0.2, 0.25) is 0 Å². The second-order valence-corrected chi connectivity index (χ2v) is 5.99. The quantitative estimate of drug-likeness (QED) is 0.840. The Morgan fingerprint density at radius 3 is 3.00 bits per heavy atom. The van der Waals surface area contributed by atoms with Crippen LogP contribution >= 0.6 is 15.9 Å². The fourth-order valence-electron chi connectivity index (χ4n) is 2.66. The van der Waals surface area contributed by atoms with Gasteiger partial charge in [0.25, 0.3) is 5.91 Å². The second kappa shape index (κ2) is 5.40. The number of carbonyl (C=O) groups is 1. The molecular formula is C13H16BrN5O. The maximum Gasteiger partial charge on any atom is 0.270 e. The lowest BCUT2D eigenvalue weighted by atomic mass is 10.1. The van der Waals surface area contributed by atoms with Crippen LogP contribution < -0.4 is 0 Å². The van der Waals surface area contributed by atoms with Crippen molar-refractivity contribution >= 4 is 21.8 Å². The monoisotopic (exact) mass is 337 g/mol. The van der Waals surface area contributed by atoms with Crippen LogP contribution in [0.25, 0.3) is 0 Å². The van der Waals surface area contributed by atoms with E-state index < -0.39 is 0 Å². The van der Waals surface area contributed by atoms with Gasteiger partial charge >= 0.3 is 0 Å². The van der Waals surface area contributed by atoms with Crippen LogP contribution in [-0.4, -0.2) is 43.2 Å². The normalized spacial score (nSPS) is 19.3. The third kappa shape index (κ3) is 2.49. The number of rotatable bonds is 2. The predicted octanol–water partition coefficient (Wildman–Crippen LogP) is 1.86. The Hall–Kier alpha value is -1.63. The van der Waals surface area contributed by atoms with Crippen LogP contribution in [0.5, 0.6) is 0 Å². The maximum absolute atomic E-state index is 12.6. The molecule has 1 fully saturated rings. The van der Waals surface area contributed by atoms with Gasteiger partial charge in [-0.25, -0.2) is 9.67 Å². The van der Waals surface area contributed by atoms with E-state index in [1.807, 2.05) is 33.5 Å². The third-order valence-corrected chi connectivity index (χ3v) is 4.12. The average molecular weight is 338 g/mol. The Labute approximate surface area is 125 Å². The molecule has 0 spiro atoms. The van der Waals surface area contributed by atoms with E-state index in [-0.39, 0.29) is 11.9 Å². The van der Waals surface area contributed by atoms with E-state index in [1.165, 1.54) is 6.33 Å². The summed E-state index contributed by atoms with van der Waals surface area (Å²) in [5.74, 6) is 0.0722. The predicted molar refractivity (Wildman–Crippen MR) is 77.3 cm³/mol. The van der Waals surface area contributed by atoms with Crippen LogP contribution in [0.4, 0.5) is 0 Å². The molecule has 0 aliphatic carbocycles. The zero-order chi connectivity index (χ0) is 14.1. The lowest BCUT2D eigenvalue weighted by Crippen LogP contribution is -2.41. The first kappa shape index (κ1) is 13.4. The fourth-order valence-corrected chi connectivity index (χ4v) is 3.18. The van der Waals surface area contributed by atoms with Gasteiger partial charge in [-0.3, -0.25) is 4.79 Å². The number of likely N-dealkylation sites (tertiary alicyclic amines) is 1. The van der Waals surface area contributed by atoms with Crippen molar-refractivity contribution in [1.82, 2.24) is 24.2 Å². The molecule has 0 bridgehead atoms. The molecule has 1 saturated heterocycles. The Balaban J connectivity index is 1.77. The van der Waals surface area contributed by atoms with Crippen molar-refractivity contribution in [3.8, 4) is 0 Å². The van der Waals surface area contributed by atoms with Crippen LogP contribution in [0.1, 0.15) is 29.4 Å². The van der Waals surface area contributed by atoms with E-state index in [9.17, 15) is 4.79 Å². The van der Waals surface area contributed by atoms with Gasteiger partial charge in [-0.2, -0.15) is 5.10 Å². The number of piperidine rings is 1. The molecule has 3 heterocycles. The van der Waals surface area contributed by atoms with Crippen LogP contribution in [0.15, 0.2) is 29.4 Å². The van der Waals surface area contributed by atoms with E-state index in [1.54, 1.807) is 6.33 Å². The van der Waals surface area contributed by atoms with Crippen LogP contribution in [-0.2, 0) is 7.05 Å². The van der Waals surface area contributed by atoms with Gasteiger partial charge in [-0.15, -0.1) is 0 Å². The Kier molecular flexibility index (Phi) is 3.60. The van der Waals surface area contributed by atoms with Gasteiger partial charge in [0, 0.05) is 30.8 Å². The number of aryl methyl sites for hydroxylation is 1. The van der Waals surface area contributed by atoms with E-state index >= 15 is 0 Å². The third-order valence-electron chi connectivity index (χ3n) is 3.69. The summed E-state index contributed by atoms with van der Waals surface area (Å²) >= 11 is 3.40. The molecule has 1 aliphatic rings. The molecule has 0 unspecified atom stereocenters. The van der Waals surface area contributed by atoms with Gasteiger partial charge in [-0.05, 0) is 34.8 Å². The summed E-state index contributed by atoms with van der Waals surface area (Å²) in [5, 5.41) is 4.18. The van der Waals surface area contributed by atoms with Crippen molar-refractivity contribution in [1.29, 1.82) is 0 Å². The van der Waals surface area contributed by atoms with Crippen molar-refractivity contribution in [2.24, 2.45) is 7.05 Å². The smallest absolute Gasteiger partial charge is 0.270 e. The van der Waals surface area contributed by atoms with Crippen molar-refractivity contribution in [2.45, 2.75) is 18.9 Å². The highest BCUT2D eigenvalue weighted by Crippen LogP contribution is 2.23. The molecule has 1 atom stereocenters. The van der Waals surface area contributed by atoms with Crippen molar-refractivity contribution in [3.05, 3.63) is 35.1 Å². The highest BCUT2D eigenvalue weighted by Gasteiger charge is 2.27. The molecule has 106 valence electrons. The van der Waals surface area contributed by atoms with Gasteiger partial charge in [0.1, 0.15) is 18.3 Å². The van der Waals surface area contributed by atoms with Crippen molar-refractivity contribution in [3.63, 3.8) is 0 Å². The number of carbonyl (C=O) groups excluding carboxylic acids is 1. The Bertz CT molecular complexity index is 606. The average Bonchev–Trinajstić information content (AvgIpc) is 3.08. The molecule has 0 radical (unpaired) electrons. The molecule has 0 saturated carbocycles. The number of hydrogen-bond acceptors (Lipinski definition) is 3. The highest BCUT2D eigenvalue weighted by atomic mass is 79.9. The van der Waals surface area contributed by atoms with E-state index in [0.717, 1.165) is 23.9 Å². The molecule has 0 N–H and O–H groups in total. The summed E-state index contributed by atoms with van der Waals surface area (Å²) < 4.78 is 4.62. The summed E-state index contributed by atoms with van der Waals surface area (Å²) in [6, 6.07) is 2.08. The standard InChI is InChI=1S/C13H16BrN5O/c1-17-6-10(14)5-12(17)13(20)18-4-2-3-11(7-18)19-9-15-8-16-19/h5-6,8-9,11H,2-4,7H2,1H3/t11-/m1/s1. The van der Waals surface area contributed by atoms with Gasteiger partial charge in [0.15, 0.2) is 0 Å². The first-order chi connectivity index (χ1) is 9.65. The maximum atomic E-state index is 12.6. The number of hydrogen-bond donors (Lipinski definition) is 0. The minimum absolute atomic E-state index is 0.0722. The zero-order valence-electron chi connectivity index (χ0n) is 11.2. The van der Waals surface area contributed by atoms with Crippen LogP contribution in [0.3, 0.4) is 0 Å². The molecule has 2 aromatic heterocycles. The van der Waals surface area contributed by atoms with Gasteiger partial charge < -0.3 is 9.47 Å². The van der Waals surface area contributed by atoms with E-state index in [4.69, 9.17) is 0 Å². The molecule has 7 heteroatoms. The highest BCUT2D eigenvalue weighted by molar-refractivity contribution is 9.10. The molecule has 1 amide bonds. The lowest BCUT2D eigenvalue weighted by Gasteiger charge is -2.32. The van der Waals surface area contributed by atoms with Crippen LogP contribution in [0, 0.1) is 0 Å². The largest absolute Gasteiger partial charge is 0.345 e. The van der Waals surface area contributed by atoms with Crippen molar-refractivity contribution in [2.75, 3.05) is 13.1 Å². The fraction of sp³-hybridized carbons (Fsp3) is 0.462. The molecule has 1 aliphatic heterocycles. The Morgan fingerprint density at radius 2 is 2.35 bits per heavy atom. The van der Waals surface area contributed by atoms with Crippen molar-refractivity contribution < 1.29 is 4.79 Å². The lowest BCUT2D eigenvalue weighted by molar-refractivity contribution is 0.0663. The van der Waals surface area contributed by atoms with E-state index in [0.29, 0.717) is 12.2 Å². The minimum atomic E-state index is 0.0722. The molecule has 3 rings (SSSR count). The number of aromatic nitrogens is 4. The molecule has 2 aromatic rings. The van der Waals surface area contributed by atoms with Gasteiger partial charge in [-0.1, -0.05) is 0 Å². The SMILES string of the molecule is Cn1cc(Br)cc1C(=O)N1CCC[C@@H](n2cncn2)C1. The summed E-state index contributed by atoms with van der Waals surface area (Å²) in [4.78, 5) is 18.5. The van der Waals surface area contributed by atoms with E-state index in [2.05, 4.69) is 26.0 Å². The zero-order valence-corrected chi connectivity index (χ0v) is 12.8. The molecule has 0 aromatic carbocycles. The summed E-state index contributed by atoms with van der Waals surface area (Å²) in [6.07, 6.45) is 7.17. The number of amides is 1. The molecule has 6 nitrogen and oxygen atoms in total. The first-order valence-corrected chi connectivity index (χ1v) is 7.39. The number of nitrogens with zero attached hydrogens (tertiary/aromatic N) is 5. The second-order valence-electron chi connectivity index (χ2n) is 5.08. The summed E-state index contributed by atoms with van der Waals surface area (Å²) in [6.45, 7) is 1.48.